The minimum absolute atomic E-state index is 0.0203. The predicted octanol–water partition coefficient (Wildman–Crippen LogP) is 5.87. The Hall–Kier alpha value is -1.12. The van der Waals surface area contributed by atoms with Crippen LogP contribution in [0.2, 0.25) is 0 Å². The second-order valence-electron chi connectivity index (χ2n) is 11.8. The molecule has 4 aliphatic carbocycles. The van der Waals surface area contributed by atoms with Crippen LogP contribution in [-0.2, 0) is 14.3 Å². The van der Waals surface area contributed by atoms with Crippen LogP contribution >= 0.6 is 0 Å². The molecule has 3 nitrogen and oxygen atoms in total. The molecule has 0 aromatic rings. The molecule has 0 unspecified atom stereocenters. The quantitative estimate of drug-likeness (QED) is 0.558. The monoisotopic (exact) mass is 386 g/mol. The van der Waals surface area contributed by atoms with Gasteiger partial charge in [0, 0.05) is 11.8 Å². The van der Waals surface area contributed by atoms with E-state index < -0.39 is 0 Å². The van der Waals surface area contributed by atoms with Crippen LogP contribution in [0.25, 0.3) is 0 Å². The number of rotatable bonds is 2. The number of ketones is 1. The van der Waals surface area contributed by atoms with Gasteiger partial charge in [-0.05, 0) is 79.6 Å². The van der Waals surface area contributed by atoms with E-state index in [0.717, 1.165) is 38.0 Å². The van der Waals surface area contributed by atoms with E-state index in [-0.39, 0.29) is 28.3 Å². The zero-order valence-electron chi connectivity index (χ0n) is 18.5. The minimum Gasteiger partial charge on any atom is -0.462 e. The van der Waals surface area contributed by atoms with Crippen molar-refractivity contribution in [1.82, 2.24) is 0 Å². The van der Waals surface area contributed by atoms with Crippen molar-refractivity contribution in [2.45, 2.75) is 98.5 Å². The van der Waals surface area contributed by atoms with Crippen molar-refractivity contribution in [3.05, 3.63) is 11.6 Å². The normalized spacial score (nSPS) is 42.9. The summed E-state index contributed by atoms with van der Waals surface area (Å²) in [4.78, 5) is 24.5. The number of hydrogen-bond acceptors (Lipinski definition) is 3. The van der Waals surface area contributed by atoms with Crippen molar-refractivity contribution in [3.63, 3.8) is 0 Å². The van der Waals surface area contributed by atoms with Gasteiger partial charge >= 0.3 is 5.97 Å². The van der Waals surface area contributed by atoms with Gasteiger partial charge in [-0.2, -0.15) is 0 Å². The Morgan fingerprint density at radius 1 is 1.07 bits per heavy atom. The third-order valence-electron chi connectivity index (χ3n) is 8.82. The molecule has 0 aliphatic heterocycles. The van der Waals surface area contributed by atoms with Crippen molar-refractivity contribution in [1.29, 1.82) is 0 Å². The molecule has 6 atom stereocenters. The summed E-state index contributed by atoms with van der Waals surface area (Å²) in [5, 5.41) is 0. The van der Waals surface area contributed by atoms with Crippen LogP contribution < -0.4 is 0 Å². The first-order valence-electron chi connectivity index (χ1n) is 11.5. The zero-order valence-corrected chi connectivity index (χ0v) is 18.5. The summed E-state index contributed by atoms with van der Waals surface area (Å²) < 4.78 is 6.09. The van der Waals surface area contributed by atoms with Crippen LogP contribution in [-0.4, -0.2) is 17.9 Å². The first-order valence-corrected chi connectivity index (χ1v) is 11.5. The van der Waals surface area contributed by atoms with Gasteiger partial charge in [-0.25, -0.2) is 0 Å². The van der Waals surface area contributed by atoms with Crippen molar-refractivity contribution in [2.24, 2.45) is 34.0 Å². The number of ether oxygens (including phenoxy) is 1. The highest BCUT2D eigenvalue weighted by molar-refractivity contribution is 5.91. The highest BCUT2D eigenvalue weighted by Gasteiger charge is 2.59. The standard InChI is InChI=1S/C25H38O3/c1-23(2,3)15-22(27)28-21-9-8-19-18-7-6-16-14-17(26)10-12-24(16,4)20(18)11-13-25(19,21)5/h14,18-21H,6-13,15H2,1-5H3/t18-,19-,20-,21-,24-,25-/m0/s1. The molecule has 0 bridgehead atoms. The number of esters is 1. The average molecular weight is 387 g/mol. The molecule has 4 aliphatic rings. The molecule has 3 heteroatoms. The number of carbonyl (C=O) groups excluding carboxylic acids is 2. The first kappa shape index (κ1) is 20.2. The van der Waals surface area contributed by atoms with E-state index in [0.29, 0.717) is 24.0 Å². The molecule has 0 radical (unpaired) electrons. The van der Waals surface area contributed by atoms with E-state index in [1.54, 1.807) is 0 Å². The molecule has 0 aromatic heterocycles. The van der Waals surface area contributed by atoms with E-state index in [1.807, 2.05) is 6.08 Å². The summed E-state index contributed by atoms with van der Waals surface area (Å²) in [5.41, 5.74) is 1.77. The minimum atomic E-state index is -0.0211. The van der Waals surface area contributed by atoms with Crippen LogP contribution in [0.15, 0.2) is 11.6 Å². The van der Waals surface area contributed by atoms with Gasteiger partial charge in [0.25, 0.3) is 0 Å². The fourth-order valence-corrected chi connectivity index (χ4v) is 7.34. The second kappa shape index (κ2) is 6.71. The lowest BCUT2D eigenvalue weighted by Gasteiger charge is -2.57. The molecular formula is C25H38O3. The molecule has 4 rings (SSSR count). The van der Waals surface area contributed by atoms with E-state index in [4.69, 9.17) is 4.74 Å². The maximum absolute atomic E-state index is 12.5. The first-order chi connectivity index (χ1) is 13.0. The highest BCUT2D eigenvalue weighted by atomic mass is 16.5. The van der Waals surface area contributed by atoms with Crippen LogP contribution in [0.5, 0.6) is 0 Å². The summed E-state index contributed by atoms with van der Waals surface area (Å²) >= 11 is 0. The number of fused-ring (bicyclic) bond motifs is 5. The smallest absolute Gasteiger partial charge is 0.306 e. The maximum Gasteiger partial charge on any atom is 0.306 e. The summed E-state index contributed by atoms with van der Waals surface area (Å²) in [7, 11) is 0. The van der Waals surface area contributed by atoms with Crippen molar-refractivity contribution >= 4 is 11.8 Å². The maximum atomic E-state index is 12.5. The van der Waals surface area contributed by atoms with Gasteiger partial charge in [0.1, 0.15) is 6.10 Å². The largest absolute Gasteiger partial charge is 0.462 e. The molecule has 0 aromatic carbocycles. The highest BCUT2D eigenvalue weighted by Crippen LogP contribution is 2.65. The molecule has 3 fully saturated rings. The van der Waals surface area contributed by atoms with E-state index in [2.05, 4.69) is 34.6 Å². The SMILES string of the molecule is CC(C)(C)CC(=O)O[C@H]1CC[C@H]2[C@@H]3CCC4=CC(=O)CC[C@]4(C)[C@H]3CC[C@]12C. The number of allylic oxidation sites excluding steroid dienone is 1. The van der Waals surface area contributed by atoms with Crippen molar-refractivity contribution in [3.8, 4) is 0 Å². The Morgan fingerprint density at radius 3 is 2.54 bits per heavy atom. The summed E-state index contributed by atoms with van der Waals surface area (Å²) in [5.74, 6) is 2.39. The van der Waals surface area contributed by atoms with E-state index in [1.165, 1.54) is 24.8 Å². The zero-order chi connectivity index (χ0) is 20.3. The lowest BCUT2D eigenvalue weighted by atomic mass is 9.47. The predicted molar refractivity (Wildman–Crippen MR) is 111 cm³/mol. The molecule has 0 N–H and O–H groups in total. The van der Waals surface area contributed by atoms with Gasteiger partial charge in [-0.1, -0.05) is 40.2 Å². The lowest BCUT2D eigenvalue weighted by molar-refractivity contribution is -0.161. The molecular weight excluding hydrogens is 348 g/mol. The Balaban J connectivity index is 1.52. The lowest BCUT2D eigenvalue weighted by Crippen LogP contribution is -2.51. The summed E-state index contributed by atoms with van der Waals surface area (Å²) in [6.07, 6.45) is 11.2. The second-order valence-corrected chi connectivity index (χ2v) is 11.8. The van der Waals surface area contributed by atoms with Crippen molar-refractivity contribution in [2.75, 3.05) is 0 Å². The molecule has 3 saturated carbocycles. The Labute approximate surface area is 170 Å². The third-order valence-corrected chi connectivity index (χ3v) is 8.82. The average Bonchev–Trinajstić information content (AvgIpc) is 2.90. The van der Waals surface area contributed by atoms with Crippen molar-refractivity contribution < 1.29 is 14.3 Å². The number of hydrogen-bond donors (Lipinski definition) is 0. The van der Waals surface area contributed by atoms with Crippen LogP contribution in [0.4, 0.5) is 0 Å². The Bertz CT molecular complexity index is 699. The van der Waals surface area contributed by atoms with Gasteiger partial charge < -0.3 is 4.74 Å². The van der Waals surface area contributed by atoms with Crippen LogP contribution in [0.1, 0.15) is 92.4 Å². The van der Waals surface area contributed by atoms with Gasteiger partial charge in [-0.3, -0.25) is 9.59 Å². The summed E-state index contributed by atoms with van der Waals surface area (Å²) in [6.45, 7) is 11.1. The number of carbonyl (C=O) groups is 2. The molecule has 156 valence electrons. The van der Waals surface area contributed by atoms with Gasteiger partial charge in [0.15, 0.2) is 5.78 Å². The summed E-state index contributed by atoms with van der Waals surface area (Å²) in [6, 6.07) is 0. The molecule has 0 amide bonds. The van der Waals surface area contributed by atoms with Gasteiger partial charge in [-0.15, -0.1) is 0 Å². The van der Waals surface area contributed by atoms with E-state index >= 15 is 0 Å². The van der Waals surface area contributed by atoms with Gasteiger partial charge in [0.2, 0.25) is 0 Å². The topological polar surface area (TPSA) is 43.4 Å². The van der Waals surface area contributed by atoms with Gasteiger partial charge in [0.05, 0.1) is 6.42 Å². The third kappa shape index (κ3) is 3.27. The molecule has 0 heterocycles. The molecule has 28 heavy (non-hydrogen) atoms. The Kier molecular flexibility index (Phi) is 4.83. The molecule has 0 spiro atoms. The molecule has 0 saturated heterocycles. The Morgan fingerprint density at radius 2 is 1.82 bits per heavy atom. The van der Waals surface area contributed by atoms with Crippen LogP contribution in [0, 0.1) is 34.0 Å². The fraction of sp³-hybridized carbons (Fsp3) is 0.840. The van der Waals surface area contributed by atoms with Crippen LogP contribution in [0.3, 0.4) is 0 Å². The van der Waals surface area contributed by atoms with E-state index in [9.17, 15) is 9.59 Å². The fourth-order valence-electron chi connectivity index (χ4n) is 7.34.